The number of rotatable bonds is 9. The highest BCUT2D eigenvalue weighted by Gasteiger charge is 2.25. The van der Waals surface area contributed by atoms with Crippen molar-refractivity contribution in [2.45, 2.75) is 0 Å². The molecule has 0 amide bonds. The molecule has 0 saturated carbocycles. The largest absolute Gasteiger partial charge is 0.307 e. The smallest absolute Gasteiger partial charge is 0.164 e. The van der Waals surface area contributed by atoms with Crippen LogP contribution in [0.3, 0.4) is 0 Å². The first-order chi connectivity index (χ1) is 36.7. The summed E-state index contributed by atoms with van der Waals surface area (Å²) in [6.45, 7) is 0. The van der Waals surface area contributed by atoms with Crippen LogP contribution in [0.5, 0.6) is 0 Å². The minimum Gasteiger partial charge on any atom is -0.307 e. The van der Waals surface area contributed by atoms with Gasteiger partial charge in [0.2, 0.25) is 0 Å². The lowest BCUT2D eigenvalue weighted by Gasteiger charge is -2.21. The Morgan fingerprint density at radius 2 is 0.676 bits per heavy atom. The lowest BCUT2D eigenvalue weighted by atomic mass is 9.92. The molecule has 0 spiro atoms. The number of hydrogen-bond acceptors (Lipinski definition) is 4. The zero-order valence-corrected chi connectivity index (χ0v) is 40.9. The van der Waals surface area contributed by atoms with E-state index in [0.29, 0.717) is 17.5 Å². The number of benzene rings is 11. The summed E-state index contributed by atoms with van der Waals surface area (Å²) in [6, 6.07) is 95.4. The zero-order chi connectivity index (χ0) is 49.0. The molecule has 0 bridgehead atoms. The van der Waals surface area contributed by atoms with Crippen LogP contribution in [0.1, 0.15) is 0 Å². The highest BCUT2D eigenvalue weighted by atomic mass is 32.1. The number of fused-ring (bicyclic) bond motifs is 7. The van der Waals surface area contributed by atoms with E-state index in [-0.39, 0.29) is 0 Å². The monoisotopic (exact) mass is 960 g/mol. The van der Waals surface area contributed by atoms with E-state index in [1.54, 1.807) is 0 Å². The first-order valence-electron chi connectivity index (χ1n) is 25.0. The fourth-order valence-corrected chi connectivity index (χ4v) is 11.8. The van der Waals surface area contributed by atoms with Gasteiger partial charge in [0.25, 0.3) is 0 Å². The van der Waals surface area contributed by atoms with Crippen molar-refractivity contribution in [2.24, 2.45) is 0 Å². The normalized spacial score (nSPS) is 11.5. The Labute approximate surface area is 432 Å². The van der Waals surface area contributed by atoms with Crippen LogP contribution in [0, 0.1) is 0 Å². The van der Waals surface area contributed by atoms with Gasteiger partial charge in [-0.15, -0.1) is 11.3 Å². The van der Waals surface area contributed by atoms with Gasteiger partial charge in [-0.1, -0.05) is 218 Å². The van der Waals surface area contributed by atoms with Crippen LogP contribution >= 0.6 is 11.3 Å². The minimum absolute atomic E-state index is 0.581. The van der Waals surface area contributed by atoms with Crippen molar-refractivity contribution in [2.75, 3.05) is 0 Å². The van der Waals surface area contributed by atoms with Gasteiger partial charge in [0.15, 0.2) is 17.5 Å². The van der Waals surface area contributed by atoms with Crippen LogP contribution in [0.15, 0.2) is 267 Å². The topological polar surface area (TPSA) is 43.6 Å². The summed E-state index contributed by atoms with van der Waals surface area (Å²) in [5.41, 5.74) is 17.1. The molecule has 11 aromatic carbocycles. The van der Waals surface area contributed by atoms with Gasteiger partial charge in [0, 0.05) is 58.8 Å². The van der Waals surface area contributed by atoms with E-state index < -0.39 is 0 Å². The second-order valence-electron chi connectivity index (χ2n) is 18.7. The predicted molar refractivity (Wildman–Crippen MR) is 311 cm³/mol. The molecule has 0 aliphatic rings. The number of hydrogen-bond donors (Lipinski definition) is 0. The molecule has 0 fully saturated rings. The van der Waals surface area contributed by atoms with E-state index in [0.717, 1.165) is 83.5 Å². The second kappa shape index (κ2) is 18.2. The van der Waals surface area contributed by atoms with Gasteiger partial charge in [-0.3, -0.25) is 0 Å². The molecule has 14 rings (SSSR count). The molecule has 346 valence electrons. The van der Waals surface area contributed by atoms with Gasteiger partial charge in [0.05, 0.1) is 16.7 Å². The lowest BCUT2D eigenvalue weighted by molar-refractivity contribution is 1.07. The molecule has 74 heavy (non-hydrogen) atoms. The summed E-state index contributed by atoms with van der Waals surface area (Å²) < 4.78 is 5.07. The van der Waals surface area contributed by atoms with Crippen molar-refractivity contribution in [1.82, 2.24) is 19.5 Å². The van der Waals surface area contributed by atoms with Crippen LogP contribution in [0.4, 0.5) is 0 Å². The highest BCUT2D eigenvalue weighted by Crippen LogP contribution is 2.48. The highest BCUT2D eigenvalue weighted by molar-refractivity contribution is 7.26. The molecule has 4 nitrogen and oxygen atoms in total. The molecular weight excluding hydrogens is 917 g/mol. The molecule has 0 atom stereocenters. The number of nitrogens with zero attached hydrogens (tertiary/aromatic N) is 4. The van der Waals surface area contributed by atoms with Crippen molar-refractivity contribution < 1.29 is 0 Å². The summed E-state index contributed by atoms with van der Waals surface area (Å²) in [7, 11) is 0. The Bertz CT molecular complexity index is 4260. The van der Waals surface area contributed by atoms with Gasteiger partial charge in [-0.25, -0.2) is 15.0 Å². The van der Waals surface area contributed by atoms with Crippen LogP contribution in [0.25, 0.3) is 137 Å². The van der Waals surface area contributed by atoms with E-state index in [9.17, 15) is 0 Å². The van der Waals surface area contributed by atoms with E-state index in [1.165, 1.54) is 36.5 Å². The third-order valence-electron chi connectivity index (χ3n) is 14.2. The minimum atomic E-state index is 0.581. The fraction of sp³-hybridized carbons (Fsp3) is 0. The first kappa shape index (κ1) is 43.3. The first-order valence-corrected chi connectivity index (χ1v) is 25.8. The van der Waals surface area contributed by atoms with E-state index in [2.05, 4.69) is 265 Å². The summed E-state index contributed by atoms with van der Waals surface area (Å²) in [6.07, 6.45) is 0. The van der Waals surface area contributed by atoms with Crippen molar-refractivity contribution in [3.8, 4) is 95.5 Å². The standard InChI is InChI=1S/C69H44N4S/c1-6-20-45(21-7-1)48-34-36-51(37-35-48)67-70-68(54-41-52(46-22-8-2-9-23-46)40-53(42-54)47-24-10-3-11-25-47)72-69(71-67)55-43-59(49-26-12-4-13-27-49)65(60(44-55)50-28-14-5-15-29-50)73-61-32-18-16-30-56(61)57-38-39-63-64(66(57)73)58-31-17-19-33-62(58)74-63/h1-44H. The Morgan fingerprint density at radius 1 is 0.270 bits per heavy atom. The van der Waals surface area contributed by atoms with Gasteiger partial charge in [-0.2, -0.15) is 0 Å². The van der Waals surface area contributed by atoms with Crippen LogP contribution in [0.2, 0.25) is 0 Å². The number of para-hydroxylation sites is 1. The van der Waals surface area contributed by atoms with Crippen molar-refractivity contribution in [3.05, 3.63) is 267 Å². The molecule has 3 heterocycles. The van der Waals surface area contributed by atoms with Crippen molar-refractivity contribution in [3.63, 3.8) is 0 Å². The molecule has 0 saturated heterocycles. The summed E-state index contributed by atoms with van der Waals surface area (Å²) >= 11 is 1.85. The summed E-state index contributed by atoms with van der Waals surface area (Å²) in [4.78, 5) is 16.4. The fourth-order valence-electron chi connectivity index (χ4n) is 10.7. The van der Waals surface area contributed by atoms with Crippen LogP contribution in [-0.2, 0) is 0 Å². The Morgan fingerprint density at radius 3 is 1.23 bits per heavy atom. The average molecular weight is 961 g/mol. The summed E-state index contributed by atoms with van der Waals surface area (Å²) in [5.74, 6) is 1.77. The number of aromatic nitrogens is 4. The average Bonchev–Trinajstić information content (AvgIpc) is 4.03. The zero-order valence-electron chi connectivity index (χ0n) is 40.1. The molecule has 0 unspecified atom stereocenters. The van der Waals surface area contributed by atoms with Crippen molar-refractivity contribution >= 4 is 53.3 Å². The maximum Gasteiger partial charge on any atom is 0.164 e. The molecule has 3 aromatic heterocycles. The van der Waals surface area contributed by atoms with E-state index in [1.807, 2.05) is 17.4 Å². The molecule has 5 heteroatoms. The SMILES string of the molecule is c1ccc(-c2ccc(-c3nc(-c4cc(-c5ccccc5)cc(-c5ccccc5)c4)nc(-c4cc(-c5ccccc5)c(-n5c6ccccc6c6ccc7sc8ccccc8c7c65)c(-c5ccccc5)c4)n3)cc2)cc1. The van der Waals surface area contributed by atoms with Crippen LogP contribution in [-0.4, -0.2) is 19.5 Å². The Hall–Kier alpha value is -9.55. The number of thiophene rings is 1. The van der Waals surface area contributed by atoms with E-state index in [4.69, 9.17) is 15.0 Å². The molecule has 0 N–H and O–H groups in total. The van der Waals surface area contributed by atoms with Crippen molar-refractivity contribution in [1.29, 1.82) is 0 Å². The lowest BCUT2D eigenvalue weighted by Crippen LogP contribution is -2.04. The molecule has 0 aliphatic carbocycles. The van der Waals surface area contributed by atoms with Gasteiger partial charge in [-0.05, 0) is 93.0 Å². The van der Waals surface area contributed by atoms with Gasteiger partial charge >= 0.3 is 0 Å². The molecule has 0 radical (unpaired) electrons. The van der Waals surface area contributed by atoms with Crippen LogP contribution < -0.4 is 0 Å². The molecule has 14 aromatic rings. The van der Waals surface area contributed by atoms with E-state index >= 15 is 0 Å². The maximum atomic E-state index is 5.54. The van der Waals surface area contributed by atoms with Gasteiger partial charge in [0.1, 0.15) is 0 Å². The Kier molecular flexibility index (Phi) is 10.7. The Balaban J connectivity index is 1.07. The third kappa shape index (κ3) is 7.66. The maximum absolute atomic E-state index is 5.54. The van der Waals surface area contributed by atoms with Gasteiger partial charge < -0.3 is 4.57 Å². The third-order valence-corrected chi connectivity index (χ3v) is 15.4. The molecule has 0 aliphatic heterocycles. The predicted octanol–water partition coefficient (Wildman–Crippen LogP) is 18.7. The second-order valence-corrected chi connectivity index (χ2v) is 19.8. The summed E-state index contributed by atoms with van der Waals surface area (Å²) in [5, 5.41) is 4.95. The quantitative estimate of drug-likeness (QED) is 0.145. The molecular formula is C69H44N4S.